The van der Waals surface area contributed by atoms with Gasteiger partial charge in [-0.25, -0.2) is 9.97 Å². The molecule has 0 amide bonds. The summed E-state index contributed by atoms with van der Waals surface area (Å²) >= 11 is 0. The summed E-state index contributed by atoms with van der Waals surface area (Å²) in [6.45, 7) is 2.40. The van der Waals surface area contributed by atoms with Crippen LogP contribution in [0, 0.1) is 0 Å². The molecule has 1 aromatic heterocycles. The van der Waals surface area contributed by atoms with E-state index in [-0.39, 0.29) is 11.6 Å². The van der Waals surface area contributed by atoms with Crippen molar-refractivity contribution >= 4 is 11.6 Å². The van der Waals surface area contributed by atoms with E-state index in [9.17, 15) is 13.2 Å². The highest BCUT2D eigenvalue weighted by Crippen LogP contribution is 2.27. The van der Waals surface area contributed by atoms with Gasteiger partial charge in [0.05, 0.1) is 6.61 Å². The molecule has 1 aromatic rings. The fraction of sp³-hybridized carbons (Fsp3) is 0.636. The molecule has 0 fully saturated rings. The van der Waals surface area contributed by atoms with Gasteiger partial charge >= 0.3 is 6.18 Å². The molecule has 114 valence electrons. The van der Waals surface area contributed by atoms with Crippen LogP contribution in [0.1, 0.15) is 5.82 Å². The number of anilines is 2. The zero-order valence-electron chi connectivity index (χ0n) is 11.4. The molecule has 0 unspecified atom stereocenters. The zero-order valence-corrected chi connectivity index (χ0v) is 11.4. The average Bonchev–Trinajstić information content (AvgIpc) is 2.34. The Hall–Kier alpha value is -1.61. The molecular weight excluding hydrogens is 275 g/mol. The fourth-order valence-electron chi connectivity index (χ4n) is 1.42. The summed E-state index contributed by atoms with van der Waals surface area (Å²) in [5.41, 5.74) is 5.34. The van der Waals surface area contributed by atoms with Gasteiger partial charge < -0.3 is 20.7 Å². The van der Waals surface area contributed by atoms with E-state index >= 15 is 0 Å². The Labute approximate surface area is 115 Å². The number of methoxy groups -OCH3 is 1. The summed E-state index contributed by atoms with van der Waals surface area (Å²) in [6.07, 6.45) is -4.61. The van der Waals surface area contributed by atoms with Gasteiger partial charge in [-0.05, 0) is 7.05 Å². The fourth-order valence-corrected chi connectivity index (χ4v) is 1.42. The quantitative estimate of drug-likeness (QED) is 0.783. The summed E-state index contributed by atoms with van der Waals surface area (Å²) in [5.74, 6) is -1.40. The lowest BCUT2D eigenvalue weighted by atomic mass is 10.4. The third-order valence-electron chi connectivity index (χ3n) is 2.48. The van der Waals surface area contributed by atoms with E-state index in [1.165, 1.54) is 6.07 Å². The van der Waals surface area contributed by atoms with Crippen LogP contribution >= 0.6 is 0 Å². The number of nitrogens with zero attached hydrogens (tertiary/aromatic N) is 3. The van der Waals surface area contributed by atoms with Crippen molar-refractivity contribution in [1.29, 1.82) is 0 Å². The van der Waals surface area contributed by atoms with Crippen LogP contribution in [0.15, 0.2) is 6.07 Å². The number of rotatable bonds is 7. The van der Waals surface area contributed by atoms with Crippen LogP contribution in [-0.2, 0) is 10.9 Å². The van der Waals surface area contributed by atoms with Gasteiger partial charge in [0.1, 0.15) is 11.6 Å². The number of hydrogen-bond acceptors (Lipinski definition) is 6. The second kappa shape index (κ2) is 7.25. The molecule has 0 aliphatic rings. The summed E-state index contributed by atoms with van der Waals surface area (Å²) in [4.78, 5) is 8.53. The van der Waals surface area contributed by atoms with Gasteiger partial charge in [0, 0.05) is 32.8 Å². The van der Waals surface area contributed by atoms with Crippen molar-refractivity contribution in [2.45, 2.75) is 6.18 Å². The highest BCUT2D eigenvalue weighted by Gasteiger charge is 2.35. The SMILES string of the molecule is COCCN(C)CCNc1cc(N)nc(C(F)(F)F)n1. The normalized spacial score (nSPS) is 11.9. The van der Waals surface area contributed by atoms with Crippen LogP contribution in [0.25, 0.3) is 0 Å². The van der Waals surface area contributed by atoms with Crippen LogP contribution in [0.5, 0.6) is 0 Å². The van der Waals surface area contributed by atoms with E-state index in [2.05, 4.69) is 15.3 Å². The largest absolute Gasteiger partial charge is 0.451 e. The number of nitrogen functional groups attached to an aromatic ring is 1. The molecule has 3 N–H and O–H groups in total. The maximum absolute atomic E-state index is 12.5. The summed E-state index contributed by atoms with van der Waals surface area (Å²) in [7, 11) is 3.49. The molecule has 9 heteroatoms. The lowest BCUT2D eigenvalue weighted by Crippen LogP contribution is -2.28. The van der Waals surface area contributed by atoms with Crippen molar-refractivity contribution in [3.05, 3.63) is 11.9 Å². The first-order chi connectivity index (χ1) is 9.32. The Morgan fingerprint density at radius 3 is 2.65 bits per heavy atom. The second-order valence-electron chi connectivity index (χ2n) is 4.22. The Balaban J connectivity index is 2.54. The highest BCUT2D eigenvalue weighted by atomic mass is 19.4. The molecule has 0 aromatic carbocycles. The molecule has 0 radical (unpaired) electrons. The second-order valence-corrected chi connectivity index (χ2v) is 4.22. The predicted molar refractivity (Wildman–Crippen MR) is 69.3 cm³/mol. The molecule has 0 saturated heterocycles. The molecule has 0 spiro atoms. The summed E-state index contributed by atoms with van der Waals surface area (Å²) in [5, 5.41) is 2.79. The van der Waals surface area contributed by atoms with Crippen LogP contribution in [0.4, 0.5) is 24.8 Å². The third-order valence-corrected chi connectivity index (χ3v) is 2.48. The maximum Gasteiger partial charge on any atom is 0.451 e. The topological polar surface area (TPSA) is 76.3 Å². The highest BCUT2D eigenvalue weighted by molar-refractivity contribution is 5.44. The molecule has 0 bridgehead atoms. The van der Waals surface area contributed by atoms with E-state index in [0.29, 0.717) is 19.7 Å². The minimum Gasteiger partial charge on any atom is -0.384 e. The number of hydrogen-bond donors (Lipinski definition) is 2. The van der Waals surface area contributed by atoms with E-state index in [1.54, 1.807) is 7.11 Å². The first-order valence-corrected chi connectivity index (χ1v) is 5.96. The lowest BCUT2D eigenvalue weighted by molar-refractivity contribution is -0.144. The molecule has 0 aliphatic heterocycles. The maximum atomic E-state index is 12.5. The van der Waals surface area contributed by atoms with Crippen molar-refractivity contribution in [2.75, 3.05) is 51.4 Å². The summed E-state index contributed by atoms with van der Waals surface area (Å²) in [6, 6.07) is 1.27. The van der Waals surface area contributed by atoms with E-state index < -0.39 is 12.0 Å². The first-order valence-electron chi connectivity index (χ1n) is 5.96. The van der Waals surface area contributed by atoms with Crippen LogP contribution in [0.3, 0.4) is 0 Å². The monoisotopic (exact) mass is 293 g/mol. The van der Waals surface area contributed by atoms with Gasteiger partial charge in [-0.3, -0.25) is 0 Å². The van der Waals surface area contributed by atoms with E-state index in [1.807, 2.05) is 11.9 Å². The summed E-state index contributed by atoms with van der Waals surface area (Å²) < 4.78 is 42.4. The molecule has 0 aliphatic carbocycles. The average molecular weight is 293 g/mol. The van der Waals surface area contributed by atoms with Gasteiger partial charge in [-0.15, -0.1) is 0 Å². The van der Waals surface area contributed by atoms with E-state index in [0.717, 1.165) is 6.54 Å². The van der Waals surface area contributed by atoms with Crippen molar-refractivity contribution < 1.29 is 17.9 Å². The number of aromatic nitrogens is 2. The Kier molecular flexibility index (Phi) is 5.96. The van der Waals surface area contributed by atoms with Crippen LogP contribution < -0.4 is 11.1 Å². The number of likely N-dealkylation sites (N-methyl/N-ethyl adjacent to an activating group) is 1. The minimum absolute atomic E-state index is 0.0602. The number of alkyl halides is 3. The molecule has 0 saturated carbocycles. The van der Waals surface area contributed by atoms with Crippen molar-refractivity contribution in [2.24, 2.45) is 0 Å². The first kappa shape index (κ1) is 16.4. The van der Waals surface area contributed by atoms with Gasteiger partial charge in [0.15, 0.2) is 0 Å². The minimum atomic E-state index is -4.61. The van der Waals surface area contributed by atoms with Crippen LogP contribution in [-0.4, -0.2) is 55.3 Å². The van der Waals surface area contributed by atoms with Crippen molar-refractivity contribution in [3.8, 4) is 0 Å². The van der Waals surface area contributed by atoms with Gasteiger partial charge in [0.2, 0.25) is 5.82 Å². The van der Waals surface area contributed by atoms with Gasteiger partial charge in [-0.2, -0.15) is 13.2 Å². The smallest absolute Gasteiger partial charge is 0.384 e. The molecule has 1 rings (SSSR count). The predicted octanol–water partition coefficient (Wildman–Crippen LogP) is 1.07. The van der Waals surface area contributed by atoms with Gasteiger partial charge in [-0.1, -0.05) is 0 Å². The zero-order chi connectivity index (χ0) is 15.2. The molecule has 20 heavy (non-hydrogen) atoms. The van der Waals surface area contributed by atoms with Crippen molar-refractivity contribution in [3.63, 3.8) is 0 Å². The Bertz CT molecular complexity index is 427. The van der Waals surface area contributed by atoms with Gasteiger partial charge in [0.25, 0.3) is 0 Å². The number of ether oxygens (including phenoxy) is 1. The molecule has 6 nitrogen and oxygen atoms in total. The Morgan fingerprint density at radius 1 is 1.35 bits per heavy atom. The third kappa shape index (κ3) is 5.57. The Morgan fingerprint density at radius 2 is 2.05 bits per heavy atom. The van der Waals surface area contributed by atoms with E-state index in [4.69, 9.17) is 10.5 Å². The number of halogens is 3. The molecular formula is C11H18F3N5O. The van der Waals surface area contributed by atoms with Crippen molar-refractivity contribution in [1.82, 2.24) is 14.9 Å². The molecule has 0 atom stereocenters. The lowest BCUT2D eigenvalue weighted by Gasteiger charge is -2.16. The van der Waals surface area contributed by atoms with Crippen LogP contribution in [0.2, 0.25) is 0 Å². The number of nitrogens with one attached hydrogen (secondary N) is 1. The molecule has 1 heterocycles. The number of nitrogens with two attached hydrogens (primary N) is 1. The standard InChI is InChI=1S/C11H18F3N5O/c1-19(5-6-20-2)4-3-16-9-7-8(15)17-10(18-9)11(12,13)14/h7H,3-6H2,1-2H3,(H3,15,16,17,18).